The van der Waals surface area contributed by atoms with Crippen LogP contribution in [0.4, 0.5) is 13.2 Å². The average molecular weight is 403 g/mol. The molecule has 2 aromatic rings. The summed E-state index contributed by atoms with van der Waals surface area (Å²) in [7, 11) is -3.40. The van der Waals surface area contributed by atoms with Crippen LogP contribution in [-0.4, -0.2) is 29.2 Å². The van der Waals surface area contributed by atoms with Crippen molar-refractivity contribution >= 4 is 21.1 Å². The first kappa shape index (κ1) is 20.1. The van der Waals surface area contributed by atoms with Crippen molar-refractivity contribution in [3.8, 4) is 0 Å². The highest BCUT2D eigenvalue weighted by Gasteiger charge is 2.34. The van der Waals surface area contributed by atoms with E-state index in [0.29, 0.717) is 29.7 Å². The molecule has 0 radical (unpaired) electrons. The van der Waals surface area contributed by atoms with Gasteiger partial charge in [0.2, 0.25) is 10.0 Å². The highest BCUT2D eigenvalue weighted by molar-refractivity contribution is 7.90. The minimum atomic E-state index is -4.39. The summed E-state index contributed by atoms with van der Waals surface area (Å²) in [5.74, 6) is 0.753. The largest absolute Gasteiger partial charge is 0.416 e. The molecule has 1 heterocycles. The second-order valence-electron chi connectivity index (χ2n) is 8.13. The number of imidazole rings is 1. The molecule has 5 nitrogen and oxygen atoms in total. The topological polar surface area (TPSA) is 74.8 Å². The van der Waals surface area contributed by atoms with Crippen molar-refractivity contribution in [2.45, 2.75) is 69.3 Å². The molecule has 0 saturated heterocycles. The third kappa shape index (κ3) is 4.29. The van der Waals surface area contributed by atoms with E-state index in [1.165, 1.54) is 6.07 Å². The molecule has 2 N–H and O–H groups in total. The fraction of sp³-hybridized carbons (Fsp3) is 0.611. The summed E-state index contributed by atoms with van der Waals surface area (Å²) in [4.78, 5) is 7.45. The van der Waals surface area contributed by atoms with E-state index in [1.807, 2.05) is 0 Å². The van der Waals surface area contributed by atoms with Crippen LogP contribution < -0.4 is 4.72 Å². The van der Waals surface area contributed by atoms with E-state index in [2.05, 4.69) is 14.7 Å². The Labute approximate surface area is 156 Å². The molecule has 1 aliphatic rings. The van der Waals surface area contributed by atoms with Crippen LogP contribution in [0.5, 0.6) is 0 Å². The summed E-state index contributed by atoms with van der Waals surface area (Å²) >= 11 is 0. The maximum Gasteiger partial charge on any atom is 0.416 e. The fourth-order valence-corrected chi connectivity index (χ4v) is 4.31. The summed E-state index contributed by atoms with van der Waals surface area (Å²) in [6.45, 7) is 4.97. The zero-order valence-electron chi connectivity index (χ0n) is 15.5. The van der Waals surface area contributed by atoms with Crippen molar-refractivity contribution in [2.24, 2.45) is 0 Å². The van der Waals surface area contributed by atoms with Crippen molar-refractivity contribution in [1.82, 2.24) is 14.7 Å². The number of H-pyrrole nitrogens is 1. The van der Waals surface area contributed by atoms with Gasteiger partial charge in [0.05, 0.1) is 21.3 Å². The van der Waals surface area contributed by atoms with Crippen molar-refractivity contribution < 1.29 is 21.6 Å². The van der Waals surface area contributed by atoms with E-state index >= 15 is 0 Å². The molecule has 1 fully saturated rings. The smallest absolute Gasteiger partial charge is 0.342 e. The lowest BCUT2D eigenvalue weighted by molar-refractivity contribution is -0.137. The lowest BCUT2D eigenvalue weighted by atomic mass is 9.86. The molecule has 0 amide bonds. The Morgan fingerprint density at radius 2 is 1.74 bits per heavy atom. The molecular weight excluding hydrogens is 379 g/mol. The predicted molar refractivity (Wildman–Crippen MR) is 97.9 cm³/mol. The van der Waals surface area contributed by atoms with Gasteiger partial charge >= 0.3 is 6.18 Å². The van der Waals surface area contributed by atoms with Gasteiger partial charge < -0.3 is 4.98 Å². The van der Waals surface area contributed by atoms with Gasteiger partial charge in [0.1, 0.15) is 5.82 Å². The molecule has 3 rings (SSSR count). The molecule has 1 aromatic heterocycles. The van der Waals surface area contributed by atoms with Gasteiger partial charge in [-0.1, -0.05) is 0 Å². The minimum Gasteiger partial charge on any atom is -0.342 e. The molecule has 1 saturated carbocycles. The number of nitrogens with one attached hydrogen (secondary N) is 2. The molecule has 1 aliphatic carbocycles. The number of sulfonamides is 1. The number of nitrogens with zero attached hydrogens (tertiary/aromatic N) is 1. The molecule has 0 unspecified atom stereocenters. The number of alkyl halides is 3. The molecule has 0 bridgehead atoms. The summed E-state index contributed by atoms with van der Waals surface area (Å²) in [6, 6.07) is 3.37. The number of halogens is 3. The lowest BCUT2D eigenvalue weighted by Gasteiger charge is -2.30. The van der Waals surface area contributed by atoms with E-state index in [9.17, 15) is 21.6 Å². The molecule has 150 valence electrons. The van der Waals surface area contributed by atoms with Crippen molar-refractivity contribution in [1.29, 1.82) is 0 Å². The molecule has 27 heavy (non-hydrogen) atoms. The minimum absolute atomic E-state index is 0.0853. The van der Waals surface area contributed by atoms with Crippen molar-refractivity contribution in [3.63, 3.8) is 0 Å². The highest BCUT2D eigenvalue weighted by Crippen LogP contribution is 2.35. The predicted octanol–water partition coefficient (Wildman–Crippen LogP) is 4.33. The maximum atomic E-state index is 12.8. The molecular formula is C18H24F3N3O2S. The van der Waals surface area contributed by atoms with Gasteiger partial charge in [-0.25, -0.2) is 18.1 Å². The summed E-state index contributed by atoms with van der Waals surface area (Å²) < 4.78 is 65.0. The number of aromatic nitrogens is 2. The van der Waals surface area contributed by atoms with Gasteiger partial charge in [-0.2, -0.15) is 13.2 Å². The van der Waals surface area contributed by atoms with Gasteiger partial charge in [0, 0.05) is 12.0 Å². The number of hydrogen-bond acceptors (Lipinski definition) is 3. The van der Waals surface area contributed by atoms with E-state index in [1.54, 1.807) is 20.8 Å². The van der Waals surface area contributed by atoms with Crippen LogP contribution in [0.25, 0.3) is 11.0 Å². The summed E-state index contributed by atoms with van der Waals surface area (Å²) in [5, 5.41) is 0. The molecule has 9 heteroatoms. The third-order valence-electron chi connectivity index (χ3n) is 5.07. The quantitative estimate of drug-likeness (QED) is 0.801. The summed E-state index contributed by atoms with van der Waals surface area (Å²) in [6.07, 6.45) is -1.59. The van der Waals surface area contributed by atoms with Gasteiger partial charge in [0.15, 0.2) is 0 Å². The van der Waals surface area contributed by atoms with Gasteiger partial charge in [-0.3, -0.25) is 0 Å². The lowest BCUT2D eigenvalue weighted by Crippen LogP contribution is -2.45. The zero-order chi connectivity index (χ0) is 20.0. The number of rotatable bonds is 3. The van der Waals surface area contributed by atoms with Crippen LogP contribution in [0, 0.1) is 0 Å². The second kappa shape index (κ2) is 6.77. The Kier molecular flexibility index (Phi) is 5.05. The Hall–Kier alpha value is -1.61. The van der Waals surface area contributed by atoms with E-state index in [4.69, 9.17) is 0 Å². The molecule has 0 aliphatic heterocycles. The monoisotopic (exact) mass is 403 g/mol. The average Bonchev–Trinajstić information content (AvgIpc) is 2.96. The second-order valence-corrected chi connectivity index (χ2v) is 10.6. The zero-order valence-corrected chi connectivity index (χ0v) is 16.3. The Morgan fingerprint density at radius 1 is 1.11 bits per heavy atom. The number of fused-ring (bicyclic) bond motifs is 1. The number of benzene rings is 1. The Balaban J connectivity index is 1.69. The van der Waals surface area contributed by atoms with Gasteiger partial charge in [-0.05, 0) is 64.7 Å². The van der Waals surface area contributed by atoms with Gasteiger partial charge in [-0.15, -0.1) is 0 Å². The fourth-order valence-electron chi connectivity index (χ4n) is 3.28. The molecule has 0 spiro atoms. The SMILES string of the molecule is CC(C)(C)S(=O)(=O)NC1CCC(c2nc3ccc(C(F)(F)F)cc3[nH]2)CC1. The van der Waals surface area contributed by atoms with Crippen LogP contribution in [0.3, 0.4) is 0 Å². The van der Waals surface area contributed by atoms with Crippen LogP contribution >= 0.6 is 0 Å². The number of aromatic amines is 1. The highest BCUT2D eigenvalue weighted by atomic mass is 32.2. The van der Waals surface area contributed by atoms with Crippen molar-refractivity contribution in [3.05, 3.63) is 29.6 Å². The first-order chi connectivity index (χ1) is 12.4. The van der Waals surface area contributed by atoms with Crippen LogP contribution in [0.1, 0.15) is 63.8 Å². The van der Waals surface area contributed by atoms with E-state index < -0.39 is 26.5 Å². The first-order valence-electron chi connectivity index (χ1n) is 8.95. The van der Waals surface area contributed by atoms with Crippen LogP contribution in [0.15, 0.2) is 18.2 Å². The van der Waals surface area contributed by atoms with Crippen LogP contribution in [-0.2, 0) is 16.2 Å². The van der Waals surface area contributed by atoms with Gasteiger partial charge in [0.25, 0.3) is 0 Å². The normalized spacial score (nSPS) is 22.3. The van der Waals surface area contributed by atoms with Crippen LogP contribution in [0.2, 0.25) is 0 Å². The number of hydrogen-bond donors (Lipinski definition) is 2. The third-order valence-corrected chi connectivity index (χ3v) is 7.33. The van der Waals surface area contributed by atoms with Crippen molar-refractivity contribution in [2.75, 3.05) is 0 Å². The van der Waals surface area contributed by atoms with E-state index in [0.717, 1.165) is 25.0 Å². The molecule has 1 aromatic carbocycles. The standard InChI is InChI=1S/C18H24F3N3O2S/c1-17(2,3)27(25,26)24-13-7-4-11(5-8-13)16-22-14-9-6-12(18(19,20)21)10-15(14)23-16/h6,9-11,13,24H,4-5,7-8H2,1-3H3,(H,22,23). The maximum absolute atomic E-state index is 12.8. The summed E-state index contributed by atoms with van der Waals surface area (Å²) in [5.41, 5.74) is 0.175. The molecule has 0 atom stereocenters. The first-order valence-corrected chi connectivity index (χ1v) is 10.4. The van der Waals surface area contributed by atoms with E-state index in [-0.39, 0.29) is 12.0 Å². The Morgan fingerprint density at radius 3 is 2.30 bits per heavy atom. The Bertz CT molecular complexity index is 921.